The Morgan fingerprint density at radius 2 is 1.61 bits per heavy atom. The first kappa shape index (κ1) is 15.9. The average Bonchev–Trinajstić information content (AvgIpc) is 2.45. The Morgan fingerprint density at radius 1 is 1.00 bits per heavy atom. The number of non-ortho nitro benzene ring substituents is 1. The Bertz CT molecular complexity index is 835. The second kappa shape index (κ2) is 6.11. The van der Waals surface area contributed by atoms with Crippen LogP contribution in [-0.2, 0) is 0 Å². The van der Waals surface area contributed by atoms with Crippen LogP contribution in [0.5, 0.6) is 0 Å². The van der Waals surface area contributed by atoms with Crippen LogP contribution in [0.15, 0.2) is 30.3 Å². The van der Waals surface area contributed by atoms with Crippen molar-refractivity contribution >= 4 is 22.7 Å². The molecule has 0 radical (unpaired) electrons. The number of nitro groups is 2. The Hall–Kier alpha value is -3.47. The zero-order valence-electron chi connectivity index (χ0n) is 12.4. The highest BCUT2D eigenvalue weighted by atomic mass is 16.6. The van der Waals surface area contributed by atoms with Crippen molar-refractivity contribution in [2.45, 2.75) is 13.8 Å². The molecule has 0 spiro atoms. The molecule has 0 atom stereocenters. The lowest BCUT2D eigenvalue weighted by Gasteiger charge is -2.10. The second-order valence-electron chi connectivity index (χ2n) is 5.01. The molecule has 23 heavy (non-hydrogen) atoms. The van der Waals surface area contributed by atoms with Crippen LogP contribution in [0.1, 0.15) is 16.7 Å². The standard InChI is InChI=1S/C15H12N4O4/c1-9-3-10(2)5-12(4-9)17-15-11(8-16)6-13(18(20)21)7-14(15)19(22)23/h3-7,17H,1-2H3. The molecule has 0 aliphatic rings. The van der Waals surface area contributed by atoms with Gasteiger partial charge in [0.2, 0.25) is 0 Å². The van der Waals surface area contributed by atoms with E-state index < -0.39 is 21.2 Å². The van der Waals surface area contributed by atoms with Gasteiger partial charge < -0.3 is 5.32 Å². The van der Waals surface area contributed by atoms with E-state index in [0.717, 1.165) is 23.3 Å². The lowest BCUT2D eigenvalue weighted by atomic mass is 10.1. The molecule has 0 aromatic heterocycles. The number of nitrogens with zero attached hydrogens (tertiary/aromatic N) is 3. The van der Waals surface area contributed by atoms with Gasteiger partial charge in [-0.25, -0.2) is 0 Å². The first-order chi connectivity index (χ1) is 10.8. The van der Waals surface area contributed by atoms with E-state index in [0.29, 0.717) is 5.69 Å². The summed E-state index contributed by atoms with van der Waals surface area (Å²) in [6, 6.07) is 9.07. The molecule has 0 amide bonds. The fourth-order valence-corrected chi connectivity index (χ4v) is 2.27. The van der Waals surface area contributed by atoms with Gasteiger partial charge in [0.25, 0.3) is 5.69 Å². The Labute approximate surface area is 131 Å². The van der Waals surface area contributed by atoms with E-state index in [2.05, 4.69) is 5.32 Å². The van der Waals surface area contributed by atoms with Crippen molar-refractivity contribution in [3.63, 3.8) is 0 Å². The van der Waals surface area contributed by atoms with E-state index >= 15 is 0 Å². The third-order valence-electron chi connectivity index (χ3n) is 3.12. The molecule has 1 N–H and O–H groups in total. The summed E-state index contributed by atoms with van der Waals surface area (Å²) in [5, 5.41) is 34.1. The molecule has 0 aliphatic heterocycles. The van der Waals surface area contributed by atoms with E-state index in [9.17, 15) is 25.5 Å². The molecule has 0 unspecified atom stereocenters. The summed E-state index contributed by atoms with van der Waals surface area (Å²) in [4.78, 5) is 20.6. The SMILES string of the molecule is Cc1cc(C)cc(Nc2c(C#N)cc([N+](=O)[O-])cc2[N+](=O)[O-])c1. The quantitative estimate of drug-likeness (QED) is 0.677. The van der Waals surface area contributed by atoms with Crippen molar-refractivity contribution in [1.82, 2.24) is 0 Å². The van der Waals surface area contributed by atoms with Crippen LogP contribution < -0.4 is 5.32 Å². The molecule has 2 aromatic carbocycles. The highest BCUT2D eigenvalue weighted by molar-refractivity contribution is 5.78. The van der Waals surface area contributed by atoms with Crippen LogP contribution in [0.2, 0.25) is 0 Å². The molecule has 8 heteroatoms. The Kier molecular flexibility index (Phi) is 4.23. The van der Waals surface area contributed by atoms with Gasteiger partial charge in [0, 0.05) is 11.8 Å². The number of nitrogens with one attached hydrogen (secondary N) is 1. The lowest BCUT2D eigenvalue weighted by molar-refractivity contribution is -0.393. The van der Waals surface area contributed by atoms with Gasteiger partial charge in [0.1, 0.15) is 11.8 Å². The number of hydrogen-bond acceptors (Lipinski definition) is 6. The van der Waals surface area contributed by atoms with Crippen molar-refractivity contribution in [2.24, 2.45) is 0 Å². The minimum atomic E-state index is -0.769. The maximum Gasteiger partial charge on any atom is 0.300 e. The number of benzene rings is 2. The summed E-state index contributed by atoms with van der Waals surface area (Å²) in [6.07, 6.45) is 0. The van der Waals surface area contributed by atoms with Gasteiger partial charge in [0.05, 0.1) is 21.5 Å². The minimum Gasteiger partial charge on any atom is -0.349 e. The topological polar surface area (TPSA) is 122 Å². The molecule has 0 saturated carbocycles. The van der Waals surface area contributed by atoms with Crippen molar-refractivity contribution in [1.29, 1.82) is 5.26 Å². The van der Waals surface area contributed by atoms with Crippen LogP contribution in [-0.4, -0.2) is 9.85 Å². The van der Waals surface area contributed by atoms with E-state index in [1.54, 1.807) is 18.2 Å². The molecule has 0 saturated heterocycles. The molecule has 0 fully saturated rings. The normalized spacial score (nSPS) is 9.96. The molecule has 116 valence electrons. The number of nitro benzene ring substituents is 2. The van der Waals surface area contributed by atoms with Crippen molar-refractivity contribution in [3.05, 3.63) is 67.3 Å². The third kappa shape index (κ3) is 3.41. The number of nitriles is 1. The highest BCUT2D eigenvalue weighted by Gasteiger charge is 2.24. The largest absolute Gasteiger partial charge is 0.349 e. The number of hydrogen-bond donors (Lipinski definition) is 1. The molecule has 0 aliphatic carbocycles. The van der Waals surface area contributed by atoms with Crippen LogP contribution in [0.4, 0.5) is 22.7 Å². The third-order valence-corrected chi connectivity index (χ3v) is 3.12. The molecule has 2 aromatic rings. The fourth-order valence-electron chi connectivity index (χ4n) is 2.27. The Morgan fingerprint density at radius 3 is 2.09 bits per heavy atom. The molecule has 2 rings (SSSR count). The number of rotatable bonds is 4. The second-order valence-corrected chi connectivity index (χ2v) is 5.01. The summed E-state index contributed by atoms with van der Waals surface area (Å²) in [5.41, 5.74) is 1.20. The maximum atomic E-state index is 11.2. The van der Waals surface area contributed by atoms with Crippen LogP contribution in [0.25, 0.3) is 0 Å². The monoisotopic (exact) mass is 312 g/mol. The van der Waals surface area contributed by atoms with E-state index in [4.69, 9.17) is 0 Å². The summed E-state index contributed by atoms with van der Waals surface area (Å²) in [5.74, 6) is 0. The van der Waals surface area contributed by atoms with Crippen molar-refractivity contribution in [3.8, 4) is 6.07 Å². The fraction of sp³-hybridized carbons (Fsp3) is 0.133. The van der Waals surface area contributed by atoms with Gasteiger partial charge in [-0.3, -0.25) is 20.2 Å². The van der Waals surface area contributed by atoms with E-state index in [1.807, 2.05) is 19.9 Å². The number of anilines is 2. The first-order valence-corrected chi connectivity index (χ1v) is 6.54. The van der Waals surface area contributed by atoms with Gasteiger partial charge in [-0.2, -0.15) is 5.26 Å². The minimum absolute atomic E-state index is 0.0619. The van der Waals surface area contributed by atoms with Gasteiger partial charge in [0.15, 0.2) is 0 Å². The molecular weight excluding hydrogens is 300 g/mol. The van der Waals surface area contributed by atoms with Crippen LogP contribution in [0.3, 0.4) is 0 Å². The maximum absolute atomic E-state index is 11.2. The molecule has 0 heterocycles. The lowest BCUT2D eigenvalue weighted by Crippen LogP contribution is -2.02. The summed E-state index contributed by atoms with van der Waals surface area (Å²) >= 11 is 0. The van der Waals surface area contributed by atoms with Gasteiger partial charge in [-0.05, 0) is 37.1 Å². The van der Waals surface area contributed by atoms with Gasteiger partial charge >= 0.3 is 5.69 Å². The summed E-state index contributed by atoms with van der Waals surface area (Å²) < 4.78 is 0. The summed E-state index contributed by atoms with van der Waals surface area (Å²) in [7, 11) is 0. The zero-order valence-corrected chi connectivity index (χ0v) is 12.4. The van der Waals surface area contributed by atoms with Crippen LogP contribution in [0, 0.1) is 45.4 Å². The van der Waals surface area contributed by atoms with Gasteiger partial charge in [-0.1, -0.05) is 6.07 Å². The predicted molar refractivity (Wildman–Crippen MR) is 83.7 cm³/mol. The average molecular weight is 312 g/mol. The van der Waals surface area contributed by atoms with Gasteiger partial charge in [-0.15, -0.1) is 0 Å². The highest BCUT2D eigenvalue weighted by Crippen LogP contribution is 2.35. The predicted octanol–water partition coefficient (Wildman–Crippen LogP) is 3.74. The Balaban J connectivity index is 2.62. The van der Waals surface area contributed by atoms with E-state index in [1.165, 1.54) is 0 Å². The first-order valence-electron chi connectivity index (χ1n) is 6.54. The summed E-state index contributed by atoms with van der Waals surface area (Å²) in [6.45, 7) is 3.74. The number of aryl methyl sites for hydroxylation is 2. The molecule has 0 bridgehead atoms. The van der Waals surface area contributed by atoms with Crippen LogP contribution >= 0.6 is 0 Å². The van der Waals surface area contributed by atoms with Crippen molar-refractivity contribution < 1.29 is 9.85 Å². The van der Waals surface area contributed by atoms with Crippen molar-refractivity contribution in [2.75, 3.05) is 5.32 Å². The molecule has 8 nitrogen and oxygen atoms in total. The van der Waals surface area contributed by atoms with E-state index in [-0.39, 0.29) is 11.3 Å². The molecular formula is C15H12N4O4. The zero-order chi connectivity index (χ0) is 17.1. The smallest absolute Gasteiger partial charge is 0.300 e.